The maximum Gasteiger partial charge on any atom is 0.316 e. The molecule has 0 bridgehead atoms. The summed E-state index contributed by atoms with van der Waals surface area (Å²) < 4.78 is 29.1. The molecule has 0 aromatic heterocycles. The first-order valence-electron chi connectivity index (χ1n) is 40.8. The number of carbonyl (C=O) groups excluding carboxylic acids is 5. The van der Waals surface area contributed by atoms with E-state index in [9.17, 15) is 24.0 Å². The number of esters is 5. The average molecular weight is 1440 g/mol. The van der Waals surface area contributed by atoms with E-state index in [0.717, 1.165) is 68.8 Å². The highest BCUT2D eigenvalue weighted by atomic mass is 16.6. The van der Waals surface area contributed by atoms with E-state index in [-0.39, 0.29) is 92.2 Å². The molecule has 10 nitrogen and oxygen atoms in total. The summed E-state index contributed by atoms with van der Waals surface area (Å²) in [5, 5.41) is 0. The Kier molecular flexibility index (Phi) is 36.4. The Bertz CT molecular complexity index is 2860. The van der Waals surface area contributed by atoms with Crippen molar-refractivity contribution in [2.45, 2.75) is 401 Å². The summed E-state index contributed by atoms with van der Waals surface area (Å²) in [6.45, 7) is 83.5. The van der Waals surface area contributed by atoms with E-state index in [0.29, 0.717) is 52.1 Å². The van der Waals surface area contributed by atoms with Gasteiger partial charge in [-0.2, -0.15) is 0 Å². The van der Waals surface area contributed by atoms with E-state index in [1.54, 1.807) is 0 Å². The summed E-state index contributed by atoms with van der Waals surface area (Å²) in [6.07, 6.45) is 14.5. The highest BCUT2D eigenvalue weighted by Crippen LogP contribution is 2.51. The van der Waals surface area contributed by atoms with E-state index >= 15 is 0 Å². The summed E-state index contributed by atoms with van der Waals surface area (Å²) in [4.78, 5) is 61.5. The minimum atomic E-state index is -0.459. The predicted molar refractivity (Wildman–Crippen MR) is 435 cm³/mol. The summed E-state index contributed by atoms with van der Waals surface area (Å²) in [7, 11) is 0. The molecule has 0 N–H and O–H groups in total. The van der Waals surface area contributed by atoms with E-state index in [1.165, 1.54) is 55.2 Å². The summed E-state index contributed by atoms with van der Waals surface area (Å²) in [5.74, 6) is 4.87. The van der Waals surface area contributed by atoms with E-state index < -0.39 is 10.8 Å². The molecular formula is C93H164O10. The van der Waals surface area contributed by atoms with Gasteiger partial charge in [0.25, 0.3) is 0 Å². The van der Waals surface area contributed by atoms with Gasteiger partial charge in [-0.1, -0.05) is 231 Å². The molecule has 0 saturated heterocycles. The second-order valence-electron chi connectivity index (χ2n) is 41.6. The maximum atomic E-state index is 12.5. The number of rotatable bonds is 19. The molecule has 2 aromatic rings. The number of carbonyl (C=O) groups is 5. The van der Waals surface area contributed by atoms with Gasteiger partial charge in [-0.3, -0.25) is 24.0 Å². The van der Waals surface area contributed by atoms with E-state index in [1.807, 2.05) is 109 Å². The molecule has 3 fully saturated rings. The van der Waals surface area contributed by atoms with Crippen LogP contribution < -0.4 is 4.74 Å². The molecular weight excluding hydrogens is 1280 g/mol. The zero-order valence-corrected chi connectivity index (χ0v) is 74.5. The third-order valence-corrected chi connectivity index (χ3v) is 25.1. The second-order valence-corrected chi connectivity index (χ2v) is 41.6. The lowest BCUT2D eigenvalue weighted by Crippen LogP contribution is -2.46. The molecule has 103 heavy (non-hydrogen) atoms. The summed E-state index contributed by atoms with van der Waals surface area (Å²) in [6, 6.07) is 14.6. The minimum absolute atomic E-state index is 0.0109. The van der Waals surface area contributed by atoms with Crippen LogP contribution in [0.5, 0.6) is 5.75 Å². The van der Waals surface area contributed by atoms with Gasteiger partial charge >= 0.3 is 29.8 Å². The van der Waals surface area contributed by atoms with Gasteiger partial charge < -0.3 is 23.7 Å². The molecule has 0 spiro atoms. The molecule has 2 aromatic carbocycles. The normalized spacial score (nSPS) is 22.2. The lowest BCUT2D eigenvalue weighted by atomic mass is 9.58. The standard InChI is InChI=1S/C20H32O2.C19H36O2.C18H34O2.C18H28O2.C18H34O2/c1-10-20(8,9)17(21)22-16-12-14(18(2,3)4)11-15(13-16)19(5,6)7;1-9-18(5,6)16(20)21-15-12-10-14(11-13-15)19(7,8)17(2,3)4;1-9-18(7,8)16(19)20-15-13(3)10-12(2)11-14(15)17(4,5)6;1-8-18(6,7)16(19)20-13(2)14-9-11-15(12-10-14)17(3,4)5;1-8-18(6,7)17(19)20-16-14(12(2)3)10-9-11-15(16)13(4)5/h11-13H,10H2,1-9H3;14-15H,9-13H2,1-8H3;12-15H,9-11H2,1-8H3;9-13H,8H2,1-7H3;12-16H,8-11H2,1-7H3. The number of ether oxygens (including phenoxy) is 5. The Hall–Kier alpha value is -4.21. The molecule has 7 atom stereocenters. The Labute approximate surface area is 635 Å². The van der Waals surface area contributed by atoms with Gasteiger partial charge in [0.1, 0.15) is 30.2 Å². The van der Waals surface area contributed by atoms with E-state index in [2.05, 4.69) is 203 Å². The van der Waals surface area contributed by atoms with Crippen molar-refractivity contribution in [3.05, 3.63) is 64.7 Å². The SMILES string of the molecule is CCC(C)(C)C(=O)OC(C)c1ccc(C(C)(C)C)cc1.CCC(C)(C)C(=O)OC1C(C(C)C)CCCC1C(C)C.CCC(C)(C)C(=O)OC1C(C)CC(C)CC1C(C)(C)C.CCC(C)(C)C(=O)OC1CCC(C(C)(C)C(C)(C)C)CC1.CCC(C)(C)C(=O)Oc1cc(C(C)(C)C)cc(C(C)(C)C)c1. The van der Waals surface area contributed by atoms with Gasteiger partial charge in [0.15, 0.2) is 0 Å². The van der Waals surface area contributed by atoms with Crippen molar-refractivity contribution >= 4 is 29.8 Å². The van der Waals surface area contributed by atoms with Crippen LogP contribution in [-0.4, -0.2) is 48.2 Å². The molecule has 7 unspecified atom stereocenters. The zero-order chi connectivity index (χ0) is 80.6. The Morgan fingerprint density at radius 2 is 0.777 bits per heavy atom. The molecule has 0 amide bonds. The van der Waals surface area contributed by atoms with Crippen LogP contribution in [0.4, 0.5) is 0 Å². The molecule has 3 aliphatic carbocycles. The van der Waals surface area contributed by atoms with Crippen molar-refractivity contribution in [2.75, 3.05) is 0 Å². The zero-order valence-electron chi connectivity index (χ0n) is 74.5. The van der Waals surface area contributed by atoms with Crippen LogP contribution in [0.2, 0.25) is 0 Å². The topological polar surface area (TPSA) is 132 Å². The maximum absolute atomic E-state index is 12.5. The van der Waals surface area contributed by atoms with Crippen molar-refractivity contribution in [2.24, 2.45) is 90.7 Å². The van der Waals surface area contributed by atoms with Crippen LogP contribution in [-0.2, 0) is 59.2 Å². The van der Waals surface area contributed by atoms with Crippen molar-refractivity contribution < 1.29 is 47.7 Å². The first kappa shape index (κ1) is 96.8. The van der Waals surface area contributed by atoms with Crippen molar-refractivity contribution in [1.29, 1.82) is 0 Å². The molecule has 0 aliphatic heterocycles. The number of hydrogen-bond donors (Lipinski definition) is 0. The van der Waals surface area contributed by atoms with Gasteiger partial charge in [0.2, 0.25) is 0 Å². The fourth-order valence-corrected chi connectivity index (χ4v) is 13.2. The van der Waals surface area contributed by atoms with Crippen LogP contribution in [0.1, 0.15) is 388 Å². The fraction of sp³-hybridized carbons (Fsp3) is 0.817. The highest BCUT2D eigenvalue weighted by Gasteiger charge is 2.46. The van der Waals surface area contributed by atoms with Gasteiger partial charge in [0, 0.05) is 5.92 Å². The van der Waals surface area contributed by atoms with Gasteiger partial charge in [-0.15, -0.1) is 0 Å². The van der Waals surface area contributed by atoms with Crippen LogP contribution in [0.15, 0.2) is 42.5 Å². The third-order valence-electron chi connectivity index (χ3n) is 25.1. The summed E-state index contributed by atoms with van der Waals surface area (Å²) in [5.41, 5.74) is 3.75. The van der Waals surface area contributed by atoms with Gasteiger partial charge in [0.05, 0.1) is 27.1 Å². The Morgan fingerprint density at radius 3 is 1.13 bits per heavy atom. The lowest BCUT2D eigenvalue weighted by molar-refractivity contribution is -0.173. The molecule has 3 aliphatic rings. The summed E-state index contributed by atoms with van der Waals surface area (Å²) >= 11 is 0. The highest BCUT2D eigenvalue weighted by molar-refractivity contribution is 5.79. The van der Waals surface area contributed by atoms with Crippen molar-refractivity contribution in [3.63, 3.8) is 0 Å². The quantitative estimate of drug-likeness (QED) is 0.0761. The van der Waals surface area contributed by atoms with Crippen LogP contribution in [0, 0.1) is 90.7 Å². The average Bonchev–Trinajstić information content (AvgIpc) is 0.816. The monoisotopic (exact) mass is 1440 g/mol. The van der Waals surface area contributed by atoms with E-state index in [4.69, 9.17) is 23.7 Å². The first-order valence-corrected chi connectivity index (χ1v) is 40.8. The van der Waals surface area contributed by atoms with Gasteiger partial charge in [-0.05, 0) is 268 Å². The lowest BCUT2D eigenvalue weighted by Gasteiger charge is -2.47. The molecule has 0 heterocycles. The largest absolute Gasteiger partial charge is 0.462 e. The first-order chi connectivity index (χ1) is 46.4. The van der Waals surface area contributed by atoms with Crippen molar-refractivity contribution in [3.8, 4) is 5.75 Å². The second kappa shape index (κ2) is 38.7. The van der Waals surface area contributed by atoms with Crippen LogP contribution >= 0.6 is 0 Å². The van der Waals surface area contributed by atoms with Gasteiger partial charge in [-0.25, -0.2) is 0 Å². The number of benzene rings is 2. The van der Waals surface area contributed by atoms with Crippen LogP contribution in [0.25, 0.3) is 0 Å². The smallest absolute Gasteiger partial charge is 0.316 e. The Morgan fingerprint density at radius 1 is 0.417 bits per heavy atom. The fourth-order valence-electron chi connectivity index (χ4n) is 13.2. The molecule has 5 rings (SSSR count). The van der Waals surface area contributed by atoms with Crippen molar-refractivity contribution in [1.82, 2.24) is 0 Å². The van der Waals surface area contributed by atoms with Crippen LogP contribution in [0.3, 0.4) is 0 Å². The minimum Gasteiger partial charge on any atom is -0.462 e. The third kappa shape index (κ3) is 29.7. The Balaban J connectivity index is 0.000000644. The molecule has 10 heteroatoms. The molecule has 596 valence electrons. The predicted octanol–water partition coefficient (Wildman–Crippen LogP) is 26.4. The molecule has 3 saturated carbocycles. The number of hydrogen-bond acceptors (Lipinski definition) is 10. The molecule has 0 radical (unpaired) electrons.